The van der Waals surface area contributed by atoms with E-state index >= 15 is 0 Å². The number of piperidine rings is 1. The molecule has 1 fully saturated rings. The SMILES string of the molecule is CN(C)CCCN1CC[C@H]2c3ccccc3C(c3ccccc3)O[C@H]2C1. The molecule has 0 N–H and O–H groups in total. The molecular weight excluding hydrogens is 320 g/mol. The van der Waals surface area contributed by atoms with Crippen LogP contribution >= 0.6 is 0 Å². The second-order valence-electron chi connectivity index (χ2n) is 7.95. The molecule has 3 atom stereocenters. The van der Waals surface area contributed by atoms with E-state index in [4.69, 9.17) is 4.74 Å². The molecule has 2 aliphatic heterocycles. The first-order valence-corrected chi connectivity index (χ1v) is 9.88. The Bertz CT molecular complexity index is 715. The van der Waals surface area contributed by atoms with E-state index in [1.54, 1.807) is 0 Å². The van der Waals surface area contributed by atoms with Gasteiger partial charge in [-0.05, 0) is 63.3 Å². The number of rotatable bonds is 5. The molecule has 0 bridgehead atoms. The lowest BCUT2D eigenvalue weighted by Gasteiger charge is -2.45. The number of nitrogens with zero attached hydrogens (tertiary/aromatic N) is 2. The molecule has 2 aromatic rings. The maximum Gasteiger partial charge on any atom is 0.108 e. The van der Waals surface area contributed by atoms with E-state index in [0.717, 1.165) is 13.1 Å². The summed E-state index contributed by atoms with van der Waals surface area (Å²) in [5, 5.41) is 0. The maximum absolute atomic E-state index is 6.71. The van der Waals surface area contributed by atoms with Crippen LogP contribution in [0.2, 0.25) is 0 Å². The summed E-state index contributed by atoms with van der Waals surface area (Å²) in [6, 6.07) is 19.6. The topological polar surface area (TPSA) is 15.7 Å². The van der Waals surface area contributed by atoms with Gasteiger partial charge >= 0.3 is 0 Å². The van der Waals surface area contributed by atoms with Gasteiger partial charge in [0.25, 0.3) is 0 Å². The van der Waals surface area contributed by atoms with Crippen molar-refractivity contribution in [3.8, 4) is 0 Å². The Morgan fingerprint density at radius 3 is 2.50 bits per heavy atom. The van der Waals surface area contributed by atoms with E-state index in [9.17, 15) is 0 Å². The van der Waals surface area contributed by atoms with Crippen LogP contribution < -0.4 is 0 Å². The maximum atomic E-state index is 6.71. The quantitative estimate of drug-likeness (QED) is 0.813. The van der Waals surface area contributed by atoms with Crippen LogP contribution in [0.5, 0.6) is 0 Å². The van der Waals surface area contributed by atoms with Gasteiger partial charge in [0.2, 0.25) is 0 Å². The van der Waals surface area contributed by atoms with Crippen molar-refractivity contribution in [2.24, 2.45) is 0 Å². The average molecular weight is 351 g/mol. The number of hydrogen-bond acceptors (Lipinski definition) is 3. The van der Waals surface area contributed by atoms with E-state index in [0.29, 0.717) is 12.0 Å². The summed E-state index contributed by atoms with van der Waals surface area (Å²) in [5.74, 6) is 0.538. The van der Waals surface area contributed by atoms with E-state index in [-0.39, 0.29) is 6.10 Å². The zero-order valence-corrected chi connectivity index (χ0v) is 16.0. The van der Waals surface area contributed by atoms with Crippen LogP contribution in [0.25, 0.3) is 0 Å². The highest BCUT2D eigenvalue weighted by Gasteiger charge is 2.39. The molecule has 2 aromatic carbocycles. The average Bonchev–Trinajstić information content (AvgIpc) is 2.67. The van der Waals surface area contributed by atoms with Crippen molar-refractivity contribution >= 4 is 0 Å². The van der Waals surface area contributed by atoms with Crippen molar-refractivity contribution < 1.29 is 4.74 Å². The lowest BCUT2D eigenvalue weighted by molar-refractivity contribution is -0.0591. The predicted molar refractivity (Wildman–Crippen MR) is 107 cm³/mol. The third-order valence-corrected chi connectivity index (χ3v) is 5.81. The molecule has 0 aromatic heterocycles. The highest BCUT2D eigenvalue weighted by Crippen LogP contribution is 2.44. The van der Waals surface area contributed by atoms with Gasteiger partial charge < -0.3 is 14.5 Å². The van der Waals surface area contributed by atoms with Crippen molar-refractivity contribution in [1.29, 1.82) is 0 Å². The smallest absolute Gasteiger partial charge is 0.108 e. The second kappa shape index (κ2) is 7.91. The standard InChI is InChI=1S/C23H30N2O/c1-24(2)14-8-15-25-16-13-20-19-11-6-7-12-21(19)23(26-22(20)17-25)18-9-4-3-5-10-18/h3-7,9-12,20,22-23H,8,13-17H2,1-2H3/t20-,22-,23?/m0/s1. The zero-order valence-electron chi connectivity index (χ0n) is 16.0. The molecule has 2 aliphatic rings. The highest BCUT2D eigenvalue weighted by molar-refractivity contribution is 5.41. The van der Waals surface area contributed by atoms with Gasteiger partial charge in [0.05, 0.1) is 6.10 Å². The third-order valence-electron chi connectivity index (χ3n) is 5.81. The van der Waals surface area contributed by atoms with Crippen LogP contribution in [0.1, 0.15) is 41.6 Å². The van der Waals surface area contributed by atoms with Crippen molar-refractivity contribution in [3.63, 3.8) is 0 Å². The number of ether oxygens (including phenoxy) is 1. The Balaban J connectivity index is 1.54. The molecule has 0 saturated carbocycles. The highest BCUT2D eigenvalue weighted by atomic mass is 16.5. The molecule has 0 spiro atoms. The van der Waals surface area contributed by atoms with Gasteiger partial charge in [0.15, 0.2) is 0 Å². The molecule has 3 heteroatoms. The van der Waals surface area contributed by atoms with Crippen LogP contribution in [-0.4, -0.2) is 56.2 Å². The van der Waals surface area contributed by atoms with Crippen LogP contribution in [0, 0.1) is 0 Å². The first-order chi connectivity index (χ1) is 12.7. The summed E-state index contributed by atoms with van der Waals surface area (Å²) in [4.78, 5) is 4.87. The van der Waals surface area contributed by atoms with Crippen LogP contribution in [-0.2, 0) is 4.74 Å². The third kappa shape index (κ3) is 3.71. The van der Waals surface area contributed by atoms with Gasteiger partial charge in [-0.1, -0.05) is 54.6 Å². The number of benzene rings is 2. The van der Waals surface area contributed by atoms with Gasteiger partial charge in [-0.15, -0.1) is 0 Å². The Morgan fingerprint density at radius 2 is 1.73 bits per heavy atom. The lowest BCUT2D eigenvalue weighted by atomic mass is 9.79. The first kappa shape index (κ1) is 17.7. The Morgan fingerprint density at radius 1 is 1.00 bits per heavy atom. The molecule has 0 amide bonds. The lowest BCUT2D eigenvalue weighted by Crippen LogP contribution is -2.47. The molecule has 138 valence electrons. The van der Waals surface area contributed by atoms with Crippen LogP contribution in [0.4, 0.5) is 0 Å². The fourth-order valence-corrected chi connectivity index (χ4v) is 4.51. The fourth-order valence-electron chi connectivity index (χ4n) is 4.51. The summed E-state index contributed by atoms with van der Waals surface area (Å²) < 4.78 is 6.71. The molecule has 4 rings (SSSR count). The molecule has 2 heterocycles. The van der Waals surface area contributed by atoms with Crippen molar-refractivity contribution in [2.45, 2.75) is 31.0 Å². The molecule has 3 nitrogen and oxygen atoms in total. The van der Waals surface area contributed by atoms with Gasteiger partial charge in [-0.3, -0.25) is 0 Å². The van der Waals surface area contributed by atoms with E-state index in [2.05, 4.69) is 78.5 Å². The van der Waals surface area contributed by atoms with Crippen molar-refractivity contribution in [3.05, 3.63) is 71.3 Å². The van der Waals surface area contributed by atoms with Gasteiger partial charge in [0, 0.05) is 12.5 Å². The monoisotopic (exact) mass is 350 g/mol. The fraction of sp³-hybridized carbons (Fsp3) is 0.478. The van der Waals surface area contributed by atoms with Gasteiger partial charge in [0.1, 0.15) is 6.10 Å². The predicted octanol–water partition coefficient (Wildman–Crippen LogP) is 3.92. The van der Waals surface area contributed by atoms with Crippen LogP contribution in [0.15, 0.2) is 54.6 Å². The molecule has 1 saturated heterocycles. The number of hydrogen-bond donors (Lipinski definition) is 0. The Hall–Kier alpha value is -1.68. The largest absolute Gasteiger partial charge is 0.364 e. The van der Waals surface area contributed by atoms with E-state index in [1.807, 2.05) is 0 Å². The minimum atomic E-state index is 0.0652. The van der Waals surface area contributed by atoms with E-state index in [1.165, 1.54) is 42.6 Å². The van der Waals surface area contributed by atoms with Gasteiger partial charge in [-0.2, -0.15) is 0 Å². The first-order valence-electron chi connectivity index (χ1n) is 9.88. The Labute approximate surface area is 157 Å². The zero-order chi connectivity index (χ0) is 17.9. The van der Waals surface area contributed by atoms with Crippen molar-refractivity contribution in [2.75, 3.05) is 40.3 Å². The Kier molecular flexibility index (Phi) is 5.39. The molecular formula is C23H30N2O. The summed E-state index contributed by atoms with van der Waals surface area (Å²) in [5.41, 5.74) is 4.13. The minimum absolute atomic E-state index is 0.0652. The molecule has 0 radical (unpaired) electrons. The normalized spacial score (nSPS) is 25.7. The molecule has 1 unspecified atom stereocenters. The van der Waals surface area contributed by atoms with Gasteiger partial charge in [-0.25, -0.2) is 0 Å². The minimum Gasteiger partial charge on any atom is -0.364 e. The molecule has 0 aliphatic carbocycles. The number of likely N-dealkylation sites (tertiary alicyclic amines) is 1. The van der Waals surface area contributed by atoms with Crippen molar-refractivity contribution in [1.82, 2.24) is 9.80 Å². The summed E-state index contributed by atoms with van der Waals surface area (Å²) in [7, 11) is 4.30. The second-order valence-corrected chi connectivity index (χ2v) is 7.95. The summed E-state index contributed by atoms with van der Waals surface area (Å²) in [6.07, 6.45) is 2.78. The number of fused-ring (bicyclic) bond motifs is 3. The summed E-state index contributed by atoms with van der Waals surface area (Å²) >= 11 is 0. The van der Waals surface area contributed by atoms with Crippen LogP contribution in [0.3, 0.4) is 0 Å². The van der Waals surface area contributed by atoms with E-state index < -0.39 is 0 Å². The summed E-state index contributed by atoms with van der Waals surface area (Å²) in [6.45, 7) is 4.56. The molecule has 26 heavy (non-hydrogen) atoms.